The van der Waals surface area contributed by atoms with Crippen LogP contribution in [0.2, 0.25) is 5.02 Å². The van der Waals surface area contributed by atoms with Crippen molar-refractivity contribution < 1.29 is 19.1 Å². The average Bonchev–Trinajstić information content (AvgIpc) is 2.75. The Morgan fingerprint density at radius 1 is 0.733 bits per heavy atom. The third kappa shape index (κ3) is 5.16. The van der Waals surface area contributed by atoms with Crippen molar-refractivity contribution in [2.24, 2.45) is 0 Å². The largest absolute Gasteiger partial charge is 0.423 e. The van der Waals surface area contributed by atoms with E-state index in [0.29, 0.717) is 16.5 Å². The van der Waals surface area contributed by atoms with Crippen molar-refractivity contribution >= 4 is 40.6 Å². The van der Waals surface area contributed by atoms with Gasteiger partial charge in [0.1, 0.15) is 11.5 Å². The van der Waals surface area contributed by atoms with Gasteiger partial charge in [-0.2, -0.15) is 0 Å². The van der Waals surface area contributed by atoms with Gasteiger partial charge < -0.3 is 14.4 Å². The van der Waals surface area contributed by atoms with Gasteiger partial charge in [-0.25, -0.2) is 9.59 Å². The van der Waals surface area contributed by atoms with Gasteiger partial charge in [0.2, 0.25) is 0 Å². The first-order valence-electron chi connectivity index (χ1n) is 8.94. The first kappa shape index (κ1) is 20.9. The molecular formula is C24H18ClNO4. The van der Waals surface area contributed by atoms with Gasteiger partial charge >= 0.3 is 11.9 Å². The molecule has 0 atom stereocenters. The van der Waals surface area contributed by atoms with Crippen LogP contribution in [0.25, 0.3) is 0 Å². The zero-order chi connectivity index (χ0) is 21.5. The number of carbonyl (C=O) groups excluding carboxylic acids is 2. The zero-order valence-electron chi connectivity index (χ0n) is 16.0. The van der Waals surface area contributed by atoms with Gasteiger partial charge in [0.25, 0.3) is 0 Å². The van der Waals surface area contributed by atoms with Crippen molar-refractivity contribution in [1.29, 1.82) is 0 Å². The van der Waals surface area contributed by atoms with E-state index in [2.05, 4.69) is 13.2 Å². The molecular weight excluding hydrogens is 402 g/mol. The second kappa shape index (κ2) is 9.58. The number of anilines is 3. The highest BCUT2D eigenvalue weighted by Crippen LogP contribution is 2.37. The Hall–Kier alpha value is -3.83. The molecule has 3 aromatic rings. The van der Waals surface area contributed by atoms with Gasteiger partial charge in [-0.3, -0.25) is 0 Å². The topological polar surface area (TPSA) is 55.8 Å². The van der Waals surface area contributed by atoms with Crippen LogP contribution in [0.4, 0.5) is 17.1 Å². The lowest BCUT2D eigenvalue weighted by molar-refractivity contribution is -0.129. The highest BCUT2D eigenvalue weighted by atomic mass is 35.5. The van der Waals surface area contributed by atoms with Gasteiger partial charge in [0, 0.05) is 46.4 Å². The van der Waals surface area contributed by atoms with Crippen LogP contribution in [-0.2, 0) is 9.59 Å². The molecule has 3 aromatic carbocycles. The second-order valence-corrected chi connectivity index (χ2v) is 6.49. The number of carbonyl (C=O) groups is 2. The van der Waals surface area contributed by atoms with Crippen molar-refractivity contribution in [1.82, 2.24) is 0 Å². The molecule has 0 heterocycles. The van der Waals surface area contributed by atoms with E-state index in [1.54, 1.807) is 48.5 Å². The van der Waals surface area contributed by atoms with Crippen molar-refractivity contribution in [3.05, 3.63) is 103 Å². The number of halogens is 1. The minimum absolute atomic E-state index is 0.366. The average molecular weight is 420 g/mol. The summed E-state index contributed by atoms with van der Waals surface area (Å²) in [6.45, 7) is 6.82. The fourth-order valence-electron chi connectivity index (χ4n) is 2.73. The maximum Gasteiger partial charge on any atom is 0.335 e. The molecule has 0 bridgehead atoms. The van der Waals surface area contributed by atoms with Crippen LogP contribution in [0.1, 0.15) is 0 Å². The Balaban J connectivity index is 2.07. The SMILES string of the molecule is C=CC(=O)Oc1cccc(N(c2ccc(Cl)cc2)c2cccc(OC(=O)C=C)c2)c1. The standard InChI is InChI=1S/C24H18ClNO4/c1-3-23(27)29-21-9-5-7-19(15-21)26(18-13-11-17(25)12-14-18)20-8-6-10-22(16-20)30-24(28)4-2/h3-16H,1-2H2. The lowest BCUT2D eigenvalue weighted by atomic mass is 10.2. The molecule has 0 saturated heterocycles. The Morgan fingerprint density at radius 2 is 1.20 bits per heavy atom. The van der Waals surface area contributed by atoms with E-state index in [1.807, 2.05) is 29.2 Å². The van der Waals surface area contributed by atoms with E-state index < -0.39 is 11.9 Å². The number of ether oxygens (including phenoxy) is 2. The predicted octanol–water partition coefficient (Wildman–Crippen LogP) is 5.99. The number of esters is 2. The lowest BCUT2D eigenvalue weighted by Crippen LogP contribution is -2.11. The molecule has 0 aliphatic rings. The molecule has 3 rings (SSSR count). The van der Waals surface area contributed by atoms with Crippen LogP contribution in [0, 0.1) is 0 Å². The summed E-state index contributed by atoms with van der Waals surface area (Å²) in [5.74, 6) is -0.372. The third-order valence-corrected chi connectivity index (χ3v) is 4.26. The molecule has 30 heavy (non-hydrogen) atoms. The van der Waals surface area contributed by atoms with Gasteiger partial charge in [0.15, 0.2) is 0 Å². The Labute approximate surface area is 179 Å². The number of hydrogen-bond donors (Lipinski definition) is 0. The minimum atomic E-state index is -0.552. The van der Waals surface area contributed by atoms with Crippen molar-refractivity contribution in [3.63, 3.8) is 0 Å². The van der Waals surface area contributed by atoms with Crippen molar-refractivity contribution in [2.45, 2.75) is 0 Å². The van der Waals surface area contributed by atoms with E-state index in [-0.39, 0.29) is 0 Å². The minimum Gasteiger partial charge on any atom is -0.423 e. The van der Waals surface area contributed by atoms with Gasteiger partial charge in [-0.1, -0.05) is 36.9 Å². The van der Waals surface area contributed by atoms with E-state index in [0.717, 1.165) is 29.2 Å². The van der Waals surface area contributed by atoms with Crippen LogP contribution in [0.5, 0.6) is 11.5 Å². The van der Waals surface area contributed by atoms with Crippen LogP contribution in [0.3, 0.4) is 0 Å². The summed E-state index contributed by atoms with van der Waals surface area (Å²) >= 11 is 6.05. The first-order valence-corrected chi connectivity index (χ1v) is 9.32. The summed E-state index contributed by atoms with van der Waals surface area (Å²) in [7, 11) is 0. The van der Waals surface area contributed by atoms with Crippen molar-refractivity contribution in [3.8, 4) is 11.5 Å². The monoisotopic (exact) mass is 419 g/mol. The fourth-order valence-corrected chi connectivity index (χ4v) is 2.85. The fraction of sp³-hybridized carbons (Fsp3) is 0. The summed E-state index contributed by atoms with van der Waals surface area (Å²) in [6.07, 6.45) is 2.20. The van der Waals surface area contributed by atoms with Gasteiger partial charge in [-0.05, 0) is 48.5 Å². The maximum atomic E-state index is 11.6. The van der Waals surface area contributed by atoms with Crippen LogP contribution >= 0.6 is 11.6 Å². The number of rotatable bonds is 7. The summed E-state index contributed by atoms with van der Waals surface area (Å²) < 4.78 is 10.5. The molecule has 0 radical (unpaired) electrons. The van der Waals surface area contributed by atoms with E-state index in [9.17, 15) is 9.59 Å². The Bertz CT molecular complexity index is 1030. The normalized spacial score (nSPS) is 10.0. The first-order chi connectivity index (χ1) is 14.5. The zero-order valence-corrected chi connectivity index (χ0v) is 16.7. The number of benzene rings is 3. The highest BCUT2D eigenvalue weighted by molar-refractivity contribution is 6.30. The quantitative estimate of drug-likeness (QED) is 0.267. The summed E-state index contributed by atoms with van der Waals surface area (Å²) in [5.41, 5.74) is 2.25. The number of hydrogen-bond acceptors (Lipinski definition) is 5. The van der Waals surface area contributed by atoms with E-state index in [1.165, 1.54) is 0 Å². The molecule has 0 aliphatic carbocycles. The molecule has 0 amide bonds. The molecule has 5 nitrogen and oxygen atoms in total. The molecule has 150 valence electrons. The summed E-state index contributed by atoms with van der Waals surface area (Å²) in [4.78, 5) is 25.1. The molecule has 0 aliphatic heterocycles. The summed E-state index contributed by atoms with van der Waals surface area (Å²) in [6, 6.07) is 21.3. The maximum absolute atomic E-state index is 11.6. The molecule has 0 spiro atoms. The third-order valence-electron chi connectivity index (χ3n) is 4.01. The van der Waals surface area contributed by atoms with Gasteiger partial charge in [-0.15, -0.1) is 0 Å². The van der Waals surface area contributed by atoms with Crippen LogP contribution in [0.15, 0.2) is 98.1 Å². The lowest BCUT2D eigenvalue weighted by Gasteiger charge is -2.26. The van der Waals surface area contributed by atoms with Crippen molar-refractivity contribution in [2.75, 3.05) is 4.90 Å². The second-order valence-electron chi connectivity index (χ2n) is 6.06. The molecule has 6 heteroatoms. The van der Waals surface area contributed by atoms with E-state index >= 15 is 0 Å². The number of nitrogens with zero attached hydrogens (tertiary/aromatic N) is 1. The van der Waals surface area contributed by atoms with E-state index in [4.69, 9.17) is 21.1 Å². The summed E-state index contributed by atoms with van der Waals surface area (Å²) in [5, 5.41) is 0.598. The molecule has 0 aromatic heterocycles. The van der Waals surface area contributed by atoms with Crippen LogP contribution in [-0.4, -0.2) is 11.9 Å². The highest BCUT2D eigenvalue weighted by Gasteiger charge is 2.15. The molecule has 0 N–H and O–H groups in total. The Morgan fingerprint density at radius 3 is 1.63 bits per heavy atom. The molecule has 0 fully saturated rings. The van der Waals surface area contributed by atoms with Crippen LogP contribution < -0.4 is 14.4 Å². The molecule has 0 unspecified atom stereocenters. The molecule has 0 saturated carbocycles. The Kier molecular flexibility index (Phi) is 6.67. The smallest absolute Gasteiger partial charge is 0.335 e. The van der Waals surface area contributed by atoms with Gasteiger partial charge in [0.05, 0.1) is 0 Å². The predicted molar refractivity (Wildman–Crippen MR) is 118 cm³/mol.